The van der Waals surface area contributed by atoms with Gasteiger partial charge in [-0.05, 0) is 43.2 Å². The summed E-state index contributed by atoms with van der Waals surface area (Å²) in [5, 5.41) is 6.23. The number of carbonyl (C=O) groups excluding carboxylic acids is 3. The molecular weight excluding hydrogens is 446 g/mol. The maximum atomic E-state index is 13.2. The Morgan fingerprint density at radius 3 is 2.69 bits per heavy atom. The van der Waals surface area contributed by atoms with Gasteiger partial charge in [-0.2, -0.15) is 0 Å². The Labute approximate surface area is 203 Å². The minimum Gasteiger partial charge on any atom is -0.465 e. The largest absolute Gasteiger partial charge is 0.465 e. The van der Waals surface area contributed by atoms with Gasteiger partial charge in [0.15, 0.2) is 0 Å². The number of esters is 1. The van der Waals surface area contributed by atoms with E-state index in [4.69, 9.17) is 4.74 Å². The Morgan fingerprint density at radius 2 is 1.94 bits per heavy atom. The molecule has 0 aliphatic carbocycles. The van der Waals surface area contributed by atoms with E-state index in [9.17, 15) is 14.4 Å². The Balaban J connectivity index is 1.51. The molecule has 1 saturated heterocycles. The molecule has 3 aromatic rings. The van der Waals surface area contributed by atoms with Crippen molar-refractivity contribution in [2.75, 3.05) is 29.2 Å². The van der Waals surface area contributed by atoms with Crippen LogP contribution < -0.4 is 15.5 Å². The van der Waals surface area contributed by atoms with Crippen LogP contribution >= 0.6 is 0 Å². The number of ether oxygens (including phenoxy) is 1. The monoisotopic (exact) mass is 473 g/mol. The molecule has 9 nitrogen and oxygen atoms in total. The molecule has 1 aliphatic rings. The number of methoxy groups -OCH3 is 1. The number of nitrogens with zero attached hydrogens (tertiary/aromatic N) is 3. The fourth-order valence-electron chi connectivity index (χ4n) is 4.09. The maximum absolute atomic E-state index is 13.2. The highest BCUT2D eigenvalue weighted by molar-refractivity contribution is 6.07. The molecule has 0 radical (unpaired) electrons. The second-order valence-corrected chi connectivity index (χ2v) is 8.30. The Hall–Kier alpha value is -4.27. The molecule has 0 bridgehead atoms. The van der Waals surface area contributed by atoms with E-state index in [1.54, 1.807) is 24.3 Å². The van der Waals surface area contributed by atoms with Gasteiger partial charge in [0.25, 0.3) is 0 Å². The Bertz CT molecular complexity index is 1280. The number of aryl methyl sites for hydroxylation is 2. The molecule has 1 unspecified atom stereocenters. The average molecular weight is 474 g/mol. The fraction of sp³-hybridized carbons (Fsp3) is 0.269. The lowest BCUT2D eigenvalue weighted by molar-refractivity contribution is -0.122. The zero-order valence-electron chi connectivity index (χ0n) is 19.9. The van der Waals surface area contributed by atoms with E-state index in [0.717, 1.165) is 23.4 Å². The van der Waals surface area contributed by atoms with E-state index in [1.807, 2.05) is 38.1 Å². The van der Waals surface area contributed by atoms with Gasteiger partial charge in [0.2, 0.25) is 11.8 Å². The van der Waals surface area contributed by atoms with Gasteiger partial charge >= 0.3 is 5.97 Å². The first-order valence-electron chi connectivity index (χ1n) is 11.4. The number of aromatic nitrogens is 2. The lowest BCUT2D eigenvalue weighted by Crippen LogP contribution is -2.29. The summed E-state index contributed by atoms with van der Waals surface area (Å²) >= 11 is 0. The summed E-state index contributed by atoms with van der Waals surface area (Å²) in [5.41, 5.74) is 3.99. The van der Waals surface area contributed by atoms with Gasteiger partial charge < -0.3 is 20.3 Å². The number of anilines is 4. The summed E-state index contributed by atoms with van der Waals surface area (Å²) in [5.74, 6) is -0.899. The molecule has 4 rings (SSSR count). The molecule has 0 spiro atoms. The predicted octanol–water partition coefficient (Wildman–Crippen LogP) is 3.87. The highest BCUT2D eigenvalue weighted by atomic mass is 16.5. The summed E-state index contributed by atoms with van der Waals surface area (Å²) in [6.45, 7) is 4.07. The van der Waals surface area contributed by atoms with Crippen LogP contribution in [-0.2, 0) is 20.7 Å². The van der Waals surface area contributed by atoms with Crippen LogP contribution in [0.15, 0.2) is 54.9 Å². The van der Waals surface area contributed by atoms with Gasteiger partial charge in [-0.1, -0.05) is 25.1 Å². The molecule has 35 heavy (non-hydrogen) atoms. The SMILES string of the molecule is CCc1ccc(Nc2cc(C)ncn2)cc1NC(=O)C1CC(=O)N(c2ccccc2C(=O)OC)C1. The molecule has 2 N–H and O–H groups in total. The van der Waals surface area contributed by atoms with Gasteiger partial charge in [0.1, 0.15) is 12.1 Å². The first kappa shape index (κ1) is 23.9. The Kier molecular flexibility index (Phi) is 7.05. The van der Waals surface area contributed by atoms with Crippen molar-refractivity contribution >= 4 is 40.7 Å². The molecule has 1 atom stereocenters. The Morgan fingerprint density at radius 1 is 1.14 bits per heavy atom. The number of rotatable bonds is 7. The van der Waals surface area contributed by atoms with Gasteiger partial charge in [-0.25, -0.2) is 14.8 Å². The third-order valence-corrected chi connectivity index (χ3v) is 5.92. The van der Waals surface area contributed by atoms with Gasteiger partial charge in [0.05, 0.1) is 24.3 Å². The maximum Gasteiger partial charge on any atom is 0.339 e. The van der Waals surface area contributed by atoms with E-state index >= 15 is 0 Å². The number of carbonyl (C=O) groups is 3. The van der Waals surface area contributed by atoms with Crippen molar-refractivity contribution in [3.05, 3.63) is 71.7 Å². The van der Waals surface area contributed by atoms with Crippen LogP contribution in [0.25, 0.3) is 0 Å². The van der Waals surface area contributed by atoms with Crippen molar-refractivity contribution in [3.63, 3.8) is 0 Å². The number of para-hydroxylation sites is 1. The summed E-state index contributed by atoms with van der Waals surface area (Å²) < 4.78 is 4.84. The second kappa shape index (κ2) is 10.3. The lowest BCUT2D eigenvalue weighted by atomic mass is 10.1. The minimum absolute atomic E-state index is 0.0565. The first-order valence-corrected chi connectivity index (χ1v) is 11.4. The highest BCUT2D eigenvalue weighted by Crippen LogP contribution is 2.30. The third kappa shape index (κ3) is 5.29. The van der Waals surface area contributed by atoms with Crippen LogP contribution in [0.2, 0.25) is 0 Å². The molecule has 2 heterocycles. The number of benzene rings is 2. The number of amides is 2. The van der Waals surface area contributed by atoms with Crippen molar-refractivity contribution in [1.82, 2.24) is 9.97 Å². The van der Waals surface area contributed by atoms with E-state index in [1.165, 1.54) is 18.3 Å². The molecule has 1 fully saturated rings. The first-order chi connectivity index (χ1) is 16.9. The zero-order chi connectivity index (χ0) is 24.9. The molecule has 0 saturated carbocycles. The van der Waals surface area contributed by atoms with E-state index in [2.05, 4.69) is 20.6 Å². The summed E-state index contributed by atoms with van der Waals surface area (Å²) in [4.78, 5) is 47.9. The van der Waals surface area contributed by atoms with Crippen molar-refractivity contribution in [2.24, 2.45) is 5.92 Å². The van der Waals surface area contributed by atoms with Gasteiger partial charge in [-0.15, -0.1) is 0 Å². The van der Waals surface area contributed by atoms with Crippen LogP contribution in [0.5, 0.6) is 0 Å². The average Bonchev–Trinajstić information content (AvgIpc) is 3.25. The van der Waals surface area contributed by atoms with Gasteiger partial charge in [0, 0.05) is 36.1 Å². The second-order valence-electron chi connectivity index (χ2n) is 8.30. The van der Waals surface area contributed by atoms with Crippen molar-refractivity contribution in [3.8, 4) is 0 Å². The fourth-order valence-corrected chi connectivity index (χ4v) is 4.09. The summed E-state index contributed by atoms with van der Waals surface area (Å²) in [7, 11) is 1.29. The molecule has 2 aromatic carbocycles. The van der Waals surface area contributed by atoms with E-state index in [0.29, 0.717) is 17.2 Å². The van der Waals surface area contributed by atoms with Crippen LogP contribution in [0.3, 0.4) is 0 Å². The summed E-state index contributed by atoms with van der Waals surface area (Å²) in [6, 6.07) is 14.3. The van der Waals surface area contributed by atoms with Crippen LogP contribution in [0.1, 0.15) is 35.0 Å². The number of hydrogen-bond acceptors (Lipinski definition) is 7. The molecule has 1 aromatic heterocycles. The predicted molar refractivity (Wildman–Crippen MR) is 133 cm³/mol. The van der Waals surface area contributed by atoms with Crippen molar-refractivity contribution in [1.29, 1.82) is 0 Å². The number of nitrogens with one attached hydrogen (secondary N) is 2. The van der Waals surface area contributed by atoms with E-state index in [-0.39, 0.29) is 30.3 Å². The summed E-state index contributed by atoms with van der Waals surface area (Å²) in [6.07, 6.45) is 2.27. The standard InChI is InChI=1S/C26H27N5O4/c1-4-17-9-10-19(29-23-11-16(2)27-15-28-23)13-21(17)30-25(33)18-12-24(32)31(14-18)22-8-6-5-7-20(22)26(34)35-3/h5-11,13,15,18H,4,12,14H2,1-3H3,(H,30,33)(H,27,28,29). The molecular formula is C26H27N5O4. The van der Waals surface area contributed by atoms with Crippen LogP contribution in [-0.4, -0.2) is 41.4 Å². The molecule has 2 amide bonds. The lowest BCUT2D eigenvalue weighted by Gasteiger charge is -2.19. The van der Waals surface area contributed by atoms with E-state index < -0.39 is 11.9 Å². The van der Waals surface area contributed by atoms with Crippen LogP contribution in [0, 0.1) is 12.8 Å². The molecule has 1 aliphatic heterocycles. The zero-order valence-corrected chi connectivity index (χ0v) is 19.9. The molecule has 9 heteroatoms. The quantitative estimate of drug-likeness (QED) is 0.501. The highest BCUT2D eigenvalue weighted by Gasteiger charge is 2.36. The molecule has 180 valence electrons. The third-order valence-electron chi connectivity index (χ3n) is 5.92. The van der Waals surface area contributed by atoms with Crippen LogP contribution in [0.4, 0.5) is 22.9 Å². The minimum atomic E-state index is -0.556. The van der Waals surface area contributed by atoms with Gasteiger partial charge in [-0.3, -0.25) is 9.59 Å². The van der Waals surface area contributed by atoms with Crippen molar-refractivity contribution in [2.45, 2.75) is 26.7 Å². The topological polar surface area (TPSA) is 114 Å². The smallest absolute Gasteiger partial charge is 0.339 e. The normalized spacial score (nSPS) is 15.1. The number of hydrogen-bond donors (Lipinski definition) is 2. The van der Waals surface area contributed by atoms with Crippen molar-refractivity contribution < 1.29 is 19.1 Å².